The predicted molar refractivity (Wildman–Crippen MR) is 79.2 cm³/mol. The molecule has 0 fully saturated rings. The highest BCUT2D eigenvalue weighted by Gasteiger charge is 2.32. The van der Waals surface area contributed by atoms with Crippen LogP contribution in [-0.2, 0) is 6.18 Å². The lowest BCUT2D eigenvalue weighted by atomic mass is 10.1. The fraction of sp³-hybridized carbons (Fsp3) is 0.133. The molecule has 1 aromatic carbocycles. The summed E-state index contributed by atoms with van der Waals surface area (Å²) in [6, 6.07) is 6.28. The Labute approximate surface area is 133 Å². The summed E-state index contributed by atoms with van der Waals surface area (Å²) in [7, 11) is 0. The summed E-state index contributed by atoms with van der Waals surface area (Å²) in [5, 5.41) is 10.8. The van der Waals surface area contributed by atoms with Gasteiger partial charge in [0.25, 0.3) is 5.69 Å². The average molecular weight is 334 g/mol. The van der Waals surface area contributed by atoms with E-state index in [1.807, 2.05) is 0 Å². The van der Waals surface area contributed by atoms with E-state index in [2.05, 4.69) is 15.0 Å². The van der Waals surface area contributed by atoms with E-state index < -0.39 is 16.8 Å². The molecule has 0 aliphatic carbocycles. The first-order valence-corrected chi connectivity index (χ1v) is 6.72. The van der Waals surface area contributed by atoms with E-state index in [0.717, 1.165) is 6.07 Å². The Balaban J connectivity index is 2.07. The molecule has 2 aromatic heterocycles. The molecule has 0 saturated heterocycles. The van der Waals surface area contributed by atoms with Crippen LogP contribution in [0.1, 0.15) is 11.3 Å². The molecule has 0 bridgehead atoms. The van der Waals surface area contributed by atoms with Crippen molar-refractivity contribution in [2.45, 2.75) is 13.1 Å². The molecule has 0 atom stereocenters. The zero-order valence-corrected chi connectivity index (χ0v) is 12.2. The van der Waals surface area contributed by atoms with Crippen LogP contribution >= 0.6 is 0 Å². The third-order valence-corrected chi connectivity index (χ3v) is 3.39. The number of nitrogens with zero attached hydrogens (tertiary/aromatic N) is 4. The zero-order chi connectivity index (χ0) is 17.5. The second-order valence-electron chi connectivity index (χ2n) is 5.05. The van der Waals surface area contributed by atoms with E-state index in [1.54, 1.807) is 6.92 Å². The summed E-state index contributed by atoms with van der Waals surface area (Å²) in [6.45, 7) is 1.67. The molecule has 0 radical (unpaired) electrons. The monoisotopic (exact) mass is 334 g/mol. The Morgan fingerprint density at radius 2 is 1.83 bits per heavy atom. The summed E-state index contributed by atoms with van der Waals surface area (Å²) < 4.78 is 38.0. The number of alkyl halides is 3. The molecule has 3 rings (SSSR count). The highest BCUT2D eigenvalue weighted by molar-refractivity contribution is 5.76. The number of hydrogen-bond donors (Lipinski definition) is 0. The Morgan fingerprint density at radius 1 is 1.08 bits per heavy atom. The molecule has 0 saturated carbocycles. The highest BCUT2D eigenvalue weighted by atomic mass is 19.4. The van der Waals surface area contributed by atoms with E-state index in [1.165, 1.54) is 30.5 Å². The smallest absolute Gasteiger partial charge is 0.258 e. The van der Waals surface area contributed by atoms with E-state index in [4.69, 9.17) is 0 Å². The van der Waals surface area contributed by atoms with Gasteiger partial charge in [0, 0.05) is 17.7 Å². The number of benzene rings is 1. The fourth-order valence-electron chi connectivity index (χ4n) is 2.22. The molecule has 9 heteroatoms. The van der Waals surface area contributed by atoms with Gasteiger partial charge in [-0.15, -0.1) is 0 Å². The van der Waals surface area contributed by atoms with Gasteiger partial charge in [0.15, 0.2) is 5.82 Å². The molecule has 2 heterocycles. The number of nitro groups is 1. The maximum atomic E-state index is 12.7. The van der Waals surface area contributed by atoms with Crippen LogP contribution in [0.2, 0.25) is 0 Å². The van der Waals surface area contributed by atoms with Crippen LogP contribution in [0.3, 0.4) is 0 Å². The minimum absolute atomic E-state index is 0.0214. The molecular formula is C15H9F3N4O2. The van der Waals surface area contributed by atoms with Crippen molar-refractivity contribution < 1.29 is 18.1 Å². The van der Waals surface area contributed by atoms with Crippen LogP contribution in [0.4, 0.5) is 18.9 Å². The van der Waals surface area contributed by atoms with E-state index in [-0.39, 0.29) is 22.5 Å². The molecule has 6 nitrogen and oxygen atoms in total. The van der Waals surface area contributed by atoms with Crippen LogP contribution in [0.25, 0.3) is 22.4 Å². The predicted octanol–water partition coefficient (Wildman–Crippen LogP) is 3.93. The molecule has 0 aliphatic rings. The summed E-state index contributed by atoms with van der Waals surface area (Å²) in [5.74, 6) is 0.261. The lowest BCUT2D eigenvalue weighted by Crippen LogP contribution is -2.08. The molecule has 0 N–H and O–H groups in total. The van der Waals surface area contributed by atoms with Crippen LogP contribution in [0, 0.1) is 17.0 Å². The third kappa shape index (κ3) is 2.87. The van der Waals surface area contributed by atoms with Crippen molar-refractivity contribution >= 4 is 16.7 Å². The van der Waals surface area contributed by atoms with Crippen molar-refractivity contribution in [2.75, 3.05) is 0 Å². The van der Waals surface area contributed by atoms with Crippen LogP contribution in [0.5, 0.6) is 0 Å². The van der Waals surface area contributed by atoms with E-state index in [0.29, 0.717) is 11.1 Å². The van der Waals surface area contributed by atoms with Gasteiger partial charge >= 0.3 is 6.18 Å². The largest absolute Gasteiger partial charge is 0.433 e. The number of halogens is 3. The normalized spacial score (nSPS) is 11.7. The zero-order valence-electron chi connectivity index (χ0n) is 12.2. The second kappa shape index (κ2) is 5.52. The number of non-ortho nitro benzene ring substituents is 1. The van der Waals surface area contributed by atoms with Crippen molar-refractivity contribution in [3.8, 4) is 11.4 Å². The van der Waals surface area contributed by atoms with Crippen LogP contribution in [-0.4, -0.2) is 19.9 Å². The third-order valence-electron chi connectivity index (χ3n) is 3.39. The average Bonchev–Trinajstić information content (AvgIpc) is 2.52. The Morgan fingerprint density at radius 3 is 2.46 bits per heavy atom. The summed E-state index contributed by atoms with van der Waals surface area (Å²) in [4.78, 5) is 22.0. The maximum absolute atomic E-state index is 12.7. The van der Waals surface area contributed by atoms with Gasteiger partial charge in [-0.05, 0) is 30.7 Å². The SMILES string of the molecule is Cc1cc([N+](=O)[O-])ccc1-c1ncc2nc(C(F)(F)F)ccc2n1. The number of rotatable bonds is 2. The van der Waals surface area contributed by atoms with Crippen molar-refractivity contribution in [2.24, 2.45) is 0 Å². The van der Waals surface area contributed by atoms with Gasteiger partial charge in [-0.25, -0.2) is 15.0 Å². The first-order valence-electron chi connectivity index (χ1n) is 6.72. The van der Waals surface area contributed by atoms with Gasteiger partial charge in [-0.1, -0.05) is 0 Å². The van der Waals surface area contributed by atoms with Crippen LogP contribution < -0.4 is 0 Å². The van der Waals surface area contributed by atoms with Crippen molar-refractivity contribution in [3.05, 3.63) is 57.9 Å². The number of nitro benzene ring substituents is 1. The fourth-order valence-corrected chi connectivity index (χ4v) is 2.22. The quantitative estimate of drug-likeness (QED) is 0.524. The minimum Gasteiger partial charge on any atom is -0.258 e. The van der Waals surface area contributed by atoms with Gasteiger partial charge in [0.1, 0.15) is 11.2 Å². The summed E-state index contributed by atoms with van der Waals surface area (Å²) in [5.41, 5.74) is 0.344. The lowest BCUT2D eigenvalue weighted by molar-refractivity contribution is -0.384. The number of aromatic nitrogens is 3. The summed E-state index contributed by atoms with van der Waals surface area (Å²) in [6.07, 6.45) is -3.34. The lowest BCUT2D eigenvalue weighted by Gasteiger charge is -2.08. The molecule has 0 spiro atoms. The standard InChI is InChI=1S/C15H9F3N4O2/c1-8-6-9(22(23)24)2-3-10(8)14-19-7-12-11(21-14)4-5-13(20-12)15(16,17)18/h2-7H,1H3. The first-order chi connectivity index (χ1) is 11.3. The first kappa shape index (κ1) is 15.8. The minimum atomic E-state index is -4.54. The number of hydrogen-bond acceptors (Lipinski definition) is 5. The maximum Gasteiger partial charge on any atom is 0.433 e. The van der Waals surface area contributed by atoms with Crippen LogP contribution in [0.15, 0.2) is 36.5 Å². The van der Waals surface area contributed by atoms with E-state index in [9.17, 15) is 23.3 Å². The summed E-state index contributed by atoms with van der Waals surface area (Å²) >= 11 is 0. The number of pyridine rings is 1. The van der Waals surface area contributed by atoms with Gasteiger partial charge in [-0.2, -0.15) is 13.2 Å². The number of aryl methyl sites for hydroxylation is 1. The molecular weight excluding hydrogens is 325 g/mol. The van der Waals surface area contributed by atoms with Gasteiger partial charge in [0.05, 0.1) is 16.6 Å². The Bertz CT molecular complexity index is 957. The Hall–Kier alpha value is -3.10. The topological polar surface area (TPSA) is 81.8 Å². The highest BCUT2D eigenvalue weighted by Crippen LogP contribution is 2.29. The Kier molecular flexibility index (Phi) is 3.63. The van der Waals surface area contributed by atoms with Crippen molar-refractivity contribution in [3.63, 3.8) is 0 Å². The second-order valence-corrected chi connectivity index (χ2v) is 5.05. The number of fused-ring (bicyclic) bond motifs is 1. The van der Waals surface area contributed by atoms with Crippen molar-refractivity contribution in [1.29, 1.82) is 0 Å². The molecule has 24 heavy (non-hydrogen) atoms. The molecule has 0 amide bonds. The van der Waals surface area contributed by atoms with Gasteiger partial charge < -0.3 is 0 Å². The molecule has 0 aliphatic heterocycles. The molecule has 122 valence electrons. The van der Waals surface area contributed by atoms with E-state index >= 15 is 0 Å². The van der Waals surface area contributed by atoms with Crippen molar-refractivity contribution in [1.82, 2.24) is 15.0 Å². The van der Waals surface area contributed by atoms with Gasteiger partial charge in [0.2, 0.25) is 0 Å². The van der Waals surface area contributed by atoms with Gasteiger partial charge in [-0.3, -0.25) is 10.1 Å². The molecule has 0 unspecified atom stereocenters. The molecule has 3 aromatic rings.